The first-order valence-corrected chi connectivity index (χ1v) is 6.76. The van der Waals surface area contributed by atoms with E-state index < -0.39 is 6.10 Å². The van der Waals surface area contributed by atoms with Crippen LogP contribution in [0.2, 0.25) is 10.0 Å². The number of hydrogen-bond acceptors (Lipinski definition) is 3. The average Bonchev–Trinajstić information content (AvgIpc) is 2.76. The molecule has 0 aliphatic rings. The second kappa shape index (κ2) is 5.90. The van der Waals surface area contributed by atoms with Gasteiger partial charge in [-0.05, 0) is 31.5 Å². The molecule has 0 saturated carbocycles. The highest BCUT2D eigenvalue weighted by atomic mass is 35.5. The van der Waals surface area contributed by atoms with Crippen molar-refractivity contribution >= 4 is 23.2 Å². The van der Waals surface area contributed by atoms with Gasteiger partial charge in [-0.1, -0.05) is 29.3 Å². The Bertz CT molecular complexity index is 569. The van der Waals surface area contributed by atoms with Crippen molar-refractivity contribution in [3.8, 4) is 0 Å². The van der Waals surface area contributed by atoms with Gasteiger partial charge in [0.1, 0.15) is 12.2 Å². The average molecular weight is 300 g/mol. The van der Waals surface area contributed by atoms with Crippen LogP contribution < -0.4 is 0 Å². The van der Waals surface area contributed by atoms with Gasteiger partial charge in [0.25, 0.3) is 0 Å². The molecule has 0 spiro atoms. The van der Waals surface area contributed by atoms with E-state index in [4.69, 9.17) is 23.2 Å². The number of benzene rings is 1. The number of halogens is 2. The molecule has 1 heterocycles. The summed E-state index contributed by atoms with van der Waals surface area (Å²) in [7, 11) is 0. The molecule has 2 aromatic rings. The molecule has 0 amide bonds. The number of rotatable bonds is 4. The molecule has 1 unspecified atom stereocenters. The number of aromatic nitrogens is 3. The van der Waals surface area contributed by atoms with Crippen molar-refractivity contribution in [3.63, 3.8) is 0 Å². The van der Waals surface area contributed by atoms with E-state index in [0.29, 0.717) is 22.0 Å². The normalized spacial score (nSPS) is 12.9. The van der Waals surface area contributed by atoms with Gasteiger partial charge in [0.15, 0.2) is 0 Å². The fraction of sp³-hybridized carbons (Fsp3) is 0.385. The van der Waals surface area contributed by atoms with Crippen LogP contribution in [0.25, 0.3) is 0 Å². The molecular weight excluding hydrogens is 285 g/mol. The monoisotopic (exact) mass is 299 g/mol. The van der Waals surface area contributed by atoms with Crippen LogP contribution in [-0.2, 0) is 6.42 Å². The molecule has 1 aromatic heterocycles. The van der Waals surface area contributed by atoms with Crippen LogP contribution in [0.1, 0.15) is 37.4 Å². The molecule has 1 N–H and O–H groups in total. The molecule has 19 heavy (non-hydrogen) atoms. The summed E-state index contributed by atoms with van der Waals surface area (Å²) >= 11 is 11.9. The summed E-state index contributed by atoms with van der Waals surface area (Å²) in [6.07, 6.45) is 1.12. The maximum Gasteiger partial charge on any atom is 0.138 e. The van der Waals surface area contributed by atoms with Crippen molar-refractivity contribution in [2.75, 3.05) is 0 Å². The lowest BCUT2D eigenvalue weighted by molar-refractivity contribution is 0.173. The van der Waals surface area contributed by atoms with E-state index in [0.717, 1.165) is 5.82 Å². The van der Waals surface area contributed by atoms with Crippen molar-refractivity contribution in [1.29, 1.82) is 0 Å². The van der Waals surface area contributed by atoms with Gasteiger partial charge in [0, 0.05) is 22.5 Å². The van der Waals surface area contributed by atoms with Crippen molar-refractivity contribution in [2.24, 2.45) is 0 Å². The zero-order valence-corrected chi connectivity index (χ0v) is 12.2. The standard InChI is InChI=1S/C13H15Cl2N3O/c1-8(2)18-13(16-7-17-18)6-12(19)10-4-3-9(14)5-11(10)15/h3-5,7-8,12,19H,6H2,1-2H3. The molecule has 0 aliphatic heterocycles. The topological polar surface area (TPSA) is 50.9 Å². The molecule has 0 fully saturated rings. The molecule has 102 valence electrons. The molecule has 0 aliphatic carbocycles. The highest BCUT2D eigenvalue weighted by Crippen LogP contribution is 2.28. The molecule has 1 aromatic carbocycles. The fourth-order valence-corrected chi connectivity index (χ4v) is 2.44. The Morgan fingerprint density at radius 1 is 1.32 bits per heavy atom. The zero-order valence-electron chi connectivity index (χ0n) is 10.7. The SMILES string of the molecule is CC(C)n1ncnc1CC(O)c1ccc(Cl)cc1Cl. The predicted octanol–water partition coefficient (Wildman–Crippen LogP) is 3.44. The van der Waals surface area contributed by atoms with Gasteiger partial charge in [0.2, 0.25) is 0 Å². The number of aliphatic hydroxyl groups excluding tert-OH is 1. The fourth-order valence-electron chi connectivity index (χ4n) is 1.91. The summed E-state index contributed by atoms with van der Waals surface area (Å²) in [6, 6.07) is 5.25. The third-order valence-electron chi connectivity index (χ3n) is 2.83. The van der Waals surface area contributed by atoms with Gasteiger partial charge in [-0.25, -0.2) is 9.67 Å². The highest BCUT2D eigenvalue weighted by Gasteiger charge is 2.17. The lowest BCUT2D eigenvalue weighted by Gasteiger charge is -2.14. The first kappa shape index (κ1) is 14.3. The van der Waals surface area contributed by atoms with E-state index in [2.05, 4.69) is 10.1 Å². The summed E-state index contributed by atoms with van der Waals surface area (Å²) in [5, 5.41) is 15.4. The minimum Gasteiger partial charge on any atom is -0.388 e. The Morgan fingerprint density at radius 2 is 2.05 bits per heavy atom. The maximum atomic E-state index is 10.3. The van der Waals surface area contributed by atoms with Crippen LogP contribution in [-0.4, -0.2) is 19.9 Å². The smallest absolute Gasteiger partial charge is 0.138 e. The summed E-state index contributed by atoms with van der Waals surface area (Å²) in [4.78, 5) is 4.17. The largest absolute Gasteiger partial charge is 0.388 e. The molecule has 2 rings (SSSR count). The van der Waals surface area contributed by atoms with Crippen molar-refractivity contribution < 1.29 is 5.11 Å². The lowest BCUT2D eigenvalue weighted by atomic mass is 10.1. The first-order chi connectivity index (χ1) is 8.99. The van der Waals surface area contributed by atoms with E-state index in [1.54, 1.807) is 22.9 Å². The lowest BCUT2D eigenvalue weighted by Crippen LogP contribution is -2.12. The van der Waals surface area contributed by atoms with Crippen LogP contribution in [0.4, 0.5) is 0 Å². The Hall–Kier alpha value is -1.10. The zero-order chi connectivity index (χ0) is 14.0. The minimum atomic E-state index is -0.730. The number of nitrogens with zero attached hydrogens (tertiary/aromatic N) is 3. The molecule has 6 heteroatoms. The van der Waals surface area contributed by atoms with Crippen LogP contribution in [0, 0.1) is 0 Å². The Kier molecular flexibility index (Phi) is 4.45. The Morgan fingerprint density at radius 3 is 2.68 bits per heavy atom. The van der Waals surface area contributed by atoms with Gasteiger partial charge < -0.3 is 5.11 Å². The third-order valence-corrected chi connectivity index (χ3v) is 3.40. The summed E-state index contributed by atoms with van der Waals surface area (Å²) in [5.41, 5.74) is 0.643. The van der Waals surface area contributed by atoms with E-state index in [9.17, 15) is 5.11 Å². The molecule has 0 saturated heterocycles. The summed E-state index contributed by atoms with van der Waals surface area (Å²) in [5.74, 6) is 0.730. The second-order valence-corrected chi connectivity index (χ2v) is 5.44. The van der Waals surface area contributed by atoms with Gasteiger partial charge in [-0.15, -0.1) is 0 Å². The van der Waals surface area contributed by atoms with E-state index in [-0.39, 0.29) is 6.04 Å². The quantitative estimate of drug-likeness (QED) is 0.941. The van der Waals surface area contributed by atoms with Crippen molar-refractivity contribution in [2.45, 2.75) is 32.4 Å². The van der Waals surface area contributed by atoms with Gasteiger partial charge in [-0.3, -0.25) is 0 Å². The van der Waals surface area contributed by atoms with E-state index >= 15 is 0 Å². The van der Waals surface area contributed by atoms with Crippen LogP contribution in [0.5, 0.6) is 0 Å². The summed E-state index contributed by atoms with van der Waals surface area (Å²) in [6.45, 7) is 4.03. The van der Waals surface area contributed by atoms with Crippen LogP contribution in [0.15, 0.2) is 24.5 Å². The van der Waals surface area contributed by atoms with Gasteiger partial charge >= 0.3 is 0 Å². The van der Waals surface area contributed by atoms with Crippen LogP contribution in [0.3, 0.4) is 0 Å². The molecule has 1 atom stereocenters. The molecular formula is C13H15Cl2N3O. The molecule has 0 radical (unpaired) electrons. The third kappa shape index (κ3) is 3.26. The Labute approximate surface area is 122 Å². The van der Waals surface area contributed by atoms with Crippen molar-refractivity contribution in [3.05, 3.63) is 46.0 Å². The maximum absolute atomic E-state index is 10.3. The van der Waals surface area contributed by atoms with Crippen LogP contribution >= 0.6 is 23.2 Å². The van der Waals surface area contributed by atoms with Crippen molar-refractivity contribution in [1.82, 2.24) is 14.8 Å². The minimum absolute atomic E-state index is 0.199. The first-order valence-electron chi connectivity index (χ1n) is 6.00. The van der Waals surface area contributed by atoms with E-state index in [1.807, 2.05) is 13.8 Å². The van der Waals surface area contributed by atoms with Gasteiger partial charge in [0.05, 0.1) is 6.10 Å². The second-order valence-electron chi connectivity index (χ2n) is 4.60. The number of aliphatic hydroxyl groups is 1. The van der Waals surface area contributed by atoms with E-state index in [1.165, 1.54) is 6.33 Å². The predicted molar refractivity (Wildman–Crippen MR) is 75.5 cm³/mol. The molecule has 0 bridgehead atoms. The highest BCUT2D eigenvalue weighted by molar-refractivity contribution is 6.35. The molecule has 4 nitrogen and oxygen atoms in total. The van der Waals surface area contributed by atoms with Gasteiger partial charge in [-0.2, -0.15) is 5.10 Å². The number of hydrogen-bond donors (Lipinski definition) is 1. The summed E-state index contributed by atoms with van der Waals surface area (Å²) < 4.78 is 1.78. The Balaban J connectivity index is 2.21.